The van der Waals surface area contributed by atoms with E-state index in [2.05, 4.69) is 55.3 Å². The molecule has 3 rings (SSSR count). The van der Waals surface area contributed by atoms with Crippen molar-refractivity contribution in [2.75, 3.05) is 44.2 Å². The van der Waals surface area contributed by atoms with E-state index >= 15 is 0 Å². The summed E-state index contributed by atoms with van der Waals surface area (Å²) in [6, 6.07) is 12.5. The maximum absolute atomic E-state index is 12.4. The van der Waals surface area contributed by atoms with E-state index in [0.29, 0.717) is 13.2 Å². The molecule has 1 N–H and O–H groups in total. The molecular weight excluding hydrogens is 350 g/mol. The largest absolute Gasteiger partial charge is 0.491 e. The number of nitrogens with one attached hydrogen (secondary N) is 1. The van der Waals surface area contributed by atoms with Crippen LogP contribution in [0.3, 0.4) is 0 Å². The lowest BCUT2D eigenvalue weighted by Crippen LogP contribution is -2.52. The van der Waals surface area contributed by atoms with Crippen molar-refractivity contribution in [1.82, 2.24) is 10.2 Å². The zero-order valence-electron chi connectivity index (χ0n) is 17.4. The minimum absolute atomic E-state index is 0.00941. The summed E-state index contributed by atoms with van der Waals surface area (Å²) in [7, 11) is 0. The Labute approximate surface area is 168 Å². The third kappa shape index (κ3) is 4.77. The van der Waals surface area contributed by atoms with Crippen molar-refractivity contribution >= 4 is 11.7 Å². The molecule has 1 heterocycles. The van der Waals surface area contributed by atoms with Gasteiger partial charge in [-0.3, -0.25) is 0 Å². The molecule has 2 aromatic carbocycles. The van der Waals surface area contributed by atoms with Crippen LogP contribution in [0.1, 0.15) is 22.3 Å². The number of nitrogens with zero attached hydrogens (tertiary/aromatic N) is 2. The van der Waals surface area contributed by atoms with Crippen LogP contribution in [0.15, 0.2) is 36.4 Å². The highest BCUT2D eigenvalue weighted by Crippen LogP contribution is 2.24. The number of benzene rings is 2. The Kier molecular flexibility index (Phi) is 6.45. The number of amides is 2. The molecule has 5 heteroatoms. The first-order chi connectivity index (χ1) is 13.5. The molecule has 1 aliphatic heterocycles. The van der Waals surface area contributed by atoms with Gasteiger partial charge in [0.05, 0.1) is 6.54 Å². The lowest BCUT2D eigenvalue weighted by molar-refractivity contribution is 0.191. The first-order valence-electron chi connectivity index (χ1n) is 9.99. The van der Waals surface area contributed by atoms with Crippen LogP contribution in [0, 0.1) is 27.7 Å². The number of urea groups is 1. The summed E-state index contributed by atoms with van der Waals surface area (Å²) in [6.45, 7) is 12.6. The van der Waals surface area contributed by atoms with E-state index in [-0.39, 0.29) is 6.03 Å². The highest BCUT2D eigenvalue weighted by molar-refractivity contribution is 5.74. The average molecular weight is 382 g/mol. The molecule has 0 atom stereocenters. The number of rotatable bonds is 5. The zero-order valence-corrected chi connectivity index (χ0v) is 17.4. The van der Waals surface area contributed by atoms with Gasteiger partial charge in [0.15, 0.2) is 0 Å². The van der Waals surface area contributed by atoms with Gasteiger partial charge in [-0.15, -0.1) is 0 Å². The van der Waals surface area contributed by atoms with Crippen molar-refractivity contribution in [3.63, 3.8) is 0 Å². The number of carbonyl (C=O) groups excluding carboxylic acids is 1. The fourth-order valence-electron chi connectivity index (χ4n) is 3.62. The quantitative estimate of drug-likeness (QED) is 0.801. The normalized spacial score (nSPS) is 14.1. The Balaban J connectivity index is 1.42. The van der Waals surface area contributed by atoms with Crippen LogP contribution in [0.2, 0.25) is 0 Å². The number of aryl methyl sites for hydroxylation is 3. The van der Waals surface area contributed by atoms with Crippen LogP contribution in [-0.4, -0.2) is 50.3 Å². The van der Waals surface area contributed by atoms with Crippen LogP contribution in [0.25, 0.3) is 0 Å². The molecule has 0 unspecified atom stereocenters. The summed E-state index contributed by atoms with van der Waals surface area (Å²) in [5.41, 5.74) is 6.25. The molecule has 2 aromatic rings. The molecule has 0 aliphatic carbocycles. The van der Waals surface area contributed by atoms with Crippen molar-refractivity contribution in [2.45, 2.75) is 27.7 Å². The molecule has 0 radical (unpaired) electrons. The molecule has 5 nitrogen and oxygen atoms in total. The zero-order chi connectivity index (χ0) is 20.1. The van der Waals surface area contributed by atoms with Crippen molar-refractivity contribution in [3.05, 3.63) is 58.7 Å². The Morgan fingerprint density at radius 1 is 1.00 bits per heavy atom. The summed E-state index contributed by atoms with van der Waals surface area (Å²) in [5.74, 6) is 0.877. The maximum Gasteiger partial charge on any atom is 0.317 e. The van der Waals surface area contributed by atoms with Gasteiger partial charge in [-0.1, -0.05) is 29.8 Å². The summed E-state index contributed by atoms with van der Waals surface area (Å²) in [4.78, 5) is 16.7. The molecule has 0 bridgehead atoms. The van der Waals surface area contributed by atoms with Gasteiger partial charge >= 0.3 is 6.03 Å². The highest BCUT2D eigenvalue weighted by atomic mass is 16.5. The number of ether oxygens (including phenoxy) is 1. The molecular formula is C23H31N3O2. The standard InChI is InChI=1S/C23H31N3O2/c1-17-8-9-22(19(3)16-17)28-15-10-24-23(27)26-13-11-25(12-14-26)21-7-5-6-18(2)20(21)4/h5-9,16H,10-15H2,1-4H3,(H,24,27). The van der Waals surface area contributed by atoms with Crippen molar-refractivity contribution in [2.24, 2.45) is 0 Å². The van der Waals surface area contributed by atoms with Crippen LogP contribution >= 0.6 is 0 Å². The van der Waals surface area contributed by atoms with Crippen molar-refractivity contribution in [3.8, 4) is 5.75 Å². The van der Waals surface area contributed by atoms with E-state index in [1.807, 2.05) is 24.0 Å². The molecule has 28 heavy (non-hydrogen) atoms. The summed E-state index contributed by atoms with van der Waals surface area (Å²) < 4.78 is 5.79. The molecule has 150 valence electrons. The van der Waals surface area contributed by atoms with E-state index < -0.39 is 0 Å². The van der Waals surface area contributed by atoms with Crippen molar-refractivity contribution in [1.29, 1.82) is 0 Å². The number of carbonyl (C=O) groups is 1. The molecule has 1 saturated heterocycles. The predicted molar refractivity (Wildman–Crippen MR) is 115 cm³/mol. The predicted octanol–water partition coefficient (Wildman–Crippen LogP) is 3.83. The molecule has 0 aromatic heterocycles. The third-order valence-corrected chi connectivity index (χ3v) is 5.45. The fraction of sp³-hybridized carbons (Fsp3) is 0.435. The minimum Gasteiger partial charge on any atom is -0.491 e. The van der Waals surface area contributed by atoms with Gasteiger partial charge in [0.25, 0.3) is 0 Å². The fourth-order valence-corrected chi connectivity index (χ4v) is 3.62. The maximum atomic E-state index is 12.4. The SMILES string of the molecule is Cc1ccc(OCCNC(=O)N2CCN(c3cccc(C)c3C)CC2)c(C)c1. The molecule has 1 fully saturated rings. The van der Waals surface area contributed by atoms with Gasteiger partial charge in [0.2, 0.25) is 0 Å². The van der Waals surface area contributed by atoms with E-state index in [0.717, 1.165) is 37.5 Å². The van der Waals surface area contributed by atoms with Gasteiger partial charge in [0.1, 0.15) is 12.4 Å². The van der Waals surface area contributed by atoms with Gasteiger partial charge in [-0.25, -0.2) is 4.79 Å². The second-order valence-corrected chi connectivity index (χ2v) is 7.54. The summed E-state index contributed by atoms with van der Waals surface area (Å²) in [6.07, 6.45) is 0. The Bertz CT molecular complexity index is 827. The van der Waals surface area contributed by atoms with Gasteiger partial charge in [0, 0.05) is 31.9 Å². The molecule has 0 spiro atoms. The third-order valence-electron chi connectivity index (χ3n) is 5.45. The van der Waals surface area contributed by atoms with E-state index in [9.17, 15) is 4.79 Å². The van der Waals surface area contributed by atoms with Crippen molar-refractivity contribution < 1.29 is 9.53 Å². The summed E-state index contributed by atoms with van der Waals surface area (Å²) >= 11 is 0. The van der Waals surface area contributed by atoms with Crippen LogP contribution in [0.5, 0.6) is 5.75 Å². The highest BCUT2D eigenvalue weighted by Gasteiger charge is 2.22. The Morgan fingerprint density at radius 2 is 1.75 bits per heavy atom. The number of piperazine rings is 1. The Hall–Kier alpha value is -2.69. The first-order valence-corrected chi connectivity index (χ1v) is 9.99. The lowest BCUT2D eigenvalue weighted by atomic mass is 10.1. The lowest BCUT2D eigenvalue weighted by Gasteiger charge is -2.37. The average Bonchev–Trinajstić information content (AvgIpc) is 2.69. The van der Waals surface area contributed by atoms with Crippen LogP contribution < -0.4 is 15.0 Å². The topological polar surface area (TPSA) is 44.8 Å². The molecule has 2 amide bonds. The van der Waals surface area contributed by atoms with Gasteiger partial charge in [-0.2, -0.15) is 0 Å². The Morgan fingerprint density at radius 3 is 2.46 bits per heavy atom. The molecule has 0 saturated carbocycles. The van der Waals surface area contributed by atoms with Gasteiger partial charge in [-0.05, 0) is 56.5 Å². The molecule has 1 aliphatic rings. The minimum atomic E-state index is -0.00941. The van der Waals surface area contributed by atoms with Gasteiger partial charge < -0.3 is 19.9 Å². The number of hydrogen-bond acceptors (Lipinski definition) is 3. The number of anilines is 1. The smallest absolute Gasteiger partial charge is 0.317 e. The second-order valence-electron chi connectivity index (χ2n) is 7.54. The first kappa shape index (κ1) is 20.1. The monoisotopic (exact) mass is 381 g/mol. The van der Waals surface area contributed by atoms with E-state index in [4.69, 9.17) is 4.74 Å². The van der Waals surface area contributed by atoms with E-state index in [1.165, 1.54) is 22.4 Å². The van der Waals surface area contributed by atoms with E-state index in [1.54, 1.807) is 0 Å². The van der Waals surface area contributed by atoms with Crippen LogP contribution in [0.4, 0.5) is 10.5 Å². The second kappa shape index (κ2) is 9.00. The number of hydrogen-bond donors (Lipinski definition) is 1. The summed E-state index contributed by atoms with van der Waals surface area (Å²) in [5, 5.41) is 2.97. The van der Waals surface area contributed by atoms with Crippen LogP contribution in [-0.2, 0) is 0 Å².